The van der Waals surface area contributed by atoms with Gasteiger partial charge in [0, 0.05) is 25.2 Å². The Morgan fingerprint density at radius 3 is 2.89 bits per heavy atom. The van der Waals surface area contributed by atoms with Crippen LogP contribution in [-0.2, 0) is 22.6 Å². The van der Waals surface area contributed by atoms with Gasteiger partial charge in [-0.2, -0.15) is 0 Å². The van der Waals surface area contributed by atoms with E-state index in [1.165, 1.54) is 17.8 Å². The summed E-state index contributed by atoms with van der Waals surface area (Å²) in [6.45, 7) is 3.15. The Bertz CT molecular complexity index is 993. The third-order valence-corrected chi connectivity index (χ3v) is 5.46. The quantitative estimate of drug-likeness (QED) is 0.554. The number of rotatable bonds is 8. The first kappa shape index (κ1) is 20.6. The molecule has 0 unspecified atom stereocenters. The van der Waals surface area contributed by atoms with E-state index in [2.05, 4.69) is 10.3 Å². The minimum Gasteiger partial charge on any atom is -0.383 e. The maximum absolute atomic E-state index is 13.6. The number of thioether (sulfide) groups is 1. The predicted octanol–water partition coefficient (Wildman–Crippen LogP) is 4.19. The number of methoxy groups -OCH3 is 1. The Kier molecular flexibility index (Phi) is 6.93. The second-order valence-corrected chi connectivity index (χ2v) is 7.70. The summed E-state index contributed by atoms with van der Waals surface area (Å²) in [7, 11) is 1.64. The zero-order chi connectivity index (χ0) is 20.1. The van der Waals surface area contributed by atoms with Gasteiger partial charge in [0.1, 0.15) is 5.82 Å². The van der Waals surface area contributed by atoms with E-state index in [0.29, 0.717) is 23.7 Å². The zero-order valence-electron chi connectivity index (χ0n) is 15.7. The van der Waals surface area contributed by atoms with Gasteiger partial charge in [-0.1, -0.05) is 35.5 Å². The largest absolute Gasteiger partial charge is 0.383 e. The molecule has 0 saturated carbocycles. The highest BCUT2D eigenvalue weighted by Gasteiger charge is 2.13. The molecule has 0 spiro atoms. The third kappa shape index (κ3) is 5.04. The zero-order valence-corrected chi connectivity index (χ0v) is 17.2. The highest BCUT2D eigenvalue weighted by molar-refractivity contribution is 7.99. The number of carbonyl (C=O) groups is 1. The number of nitrogens with one attached hydrogen (secondary N) is 1. The molecule has 3 aromatic rings. The molecule has 0 aliphatic rings. The molecule has 1 aromatic heterocycles. The molecule has 148 valence electrons. The van der Waals surface area contributed by atoms with Crippen molar-refractivity contribution < 1.29 is 13.9 Å². The Morgan fingerprint density at radius 1 is 1.32 bits per heavy atom. The average Bonchev–Trinajstić information content (AvgIpc) is 3.02. The molecule has 1 amide bonds. The number of amides is 1. The van der Waals surface area contributed by atoms with Crippen molar-refractivity contribution >= 4 is 40.3 Å². The maximum Gasteiger partial charge on any atom is 0.230 e. The van der Waals surface area contributed by atoms with Crippen LogP contribution in [0.5, 0.6) is 0 Å². The first-order valence-corrected chi connectivity index (χ1v) is 10.1. The number of benzene rings is 2. The summed E-state index contributed by atoms with van der Waals surface area (Å²) in [5, 5.41) is 4.15. The van der Waals surface area contributed by atoms with Crippen molar-refractivity contribution in [1.29, 1.82) is 0 Å². The molecule has 3 rings (SSSR count). The molecule has 0 saturated heterocycles. The van der Waals surface area contributed by atoms with Crippen molar-refractivity contribution in [2.24, 2.45) is 0 Å². The molecule has 0 atom stereocenters. The van der Waals surface area contributed by atoms with E-state index < -0.39 is 0 Å². The van der Waals surface area contributed by atoms with Crippen molar-refractivity contribution in [1.82, 2.24) is 14.9 Å². The van der Waals surface area contributed by atoms with Gasteiger partial charge in [-0.25, -0.2) is 9.37 Å². The molecule has 2 aromatic carbocycles. The van der Waals surface area contributed by atoms with Gasteiger partial charge in [0.15, 0.2) is 5.16 Å². The monoisotopic (exact) mass is 421 g/mol. The number of aromatic nitrogens is 2. The molecule has 5 nitrogen and oxygen atoms in total. The summed E-state index contributed by atoms with van der Waals surface area (Å²) in [4.78, 5) is 16.8. The molecule has 0 radical (unpaired) electrons. The number of ether oxygens (including phenoxy) is 1. The summed E-state index contributed by atoms with van der Waals surface area (Å²) >= 11 is 7.41. The lowest BCUT2D eigenvalue weighted by molar-refractivity contribution is -0.118. The highest BCUT2D eigenvalue weighted by atomic mass is 35.5. The number of halogens is 2. The minimum absolute atomic E-state index is 0.144. The van der Waals surface area contributed by atoms with Crippen LogP contribution < -0.4 is 5.32 Å². The maximum atomic E-state index is 13.6. The van der Waals surface area contributed by atoms with Gasteiger partial charge in [-0.05, 0) is 42.3 Å². The second kappa shape index (κ2) is 9.41. The molecule has 0 fully saturated rings. The SMILES string of the molecule is COCCn1c(SCC(=O)NCc2ccc(C)c(F)c2)nc2cc(Cl)ccc21. The minimum atomic E-state index is -0.272. The van der Waals surface area contributed by atoms with Crippen LogP contribution in [0.2, 0.25) is 5.02 Å². The van der Waals surface area contributed by atoms with Gasteiger partial charge in [-0.3, -0.25) is 4.79 Å². The molecular formula is C20H21ClFN3O2S. The van der Waals surface area contributed by atoms with Crippen LogP contribution in [0.4, 0.5) is 4.39 Å². The number of nitrogens with zero attached hydrogens (tertiary/aromatic N) is 2. The lowest BCUT2D eigenvalue weighted by Crippen LogP contribution is -2.24. The Balaban J connectivity index is 1.64. The normalized spacial score (nSPS) is 11.1. The van der Waals surface area contributed by atoms with Crippen LogP contribution in [0.15, 0.2) is 41.6 Å². The molecule has 28 heavy (non-hydrogen) atoms. The number of fused-ring (bicyclic) bond motifs is 1. The fraction of sp³-hybridized carbons (Fsp3) is 0.300. The number of hydrogen-bond donors (Lipinski definition) is 1. The number of aryl methyl sites for hydroxylation is 1. The molecular weight excluding hydrogens is 401 g/mol. The van der Waals surface area contributed by atoms with Crippen LogP contribution >= 0.6 is 23.4 Å². The fourth-order valence-electron chi connectivity index (χ4n) is 2.72. The van der Waals surface area contributed by atoms with E-state index in [4.69, 9.17) is 16.3 Å². The van der Waals surface area contributed by atoms with Gasteiger partial charge in [-0.15, -0.1) is 0 Å². The van der Waals surface area contributed by atoms with E-state index >= 15 is 0 Å². The van der Waals surface area contributed by atoms with Gasteiger partial charge in [0.2, 0.25) is 5.91 Å². The second-order valence-electron chi connectivity index (χ2n) is 6.32. The number of hydrogen-bond acceptors (Lipinski definition) is 4. The van der Waals surface area contributed by atoms with Crippen molar-refractivity contribution in [3.05, 3.63) is 58.4 Å². The van der Waals surface area contributed by atoms with Crippen LogP contribution in [0.25, 0.3) is 11.0 Å². The lowest BCUT2D eigenvalue weighted by atomic mass is 10.1. The van der Waals surface area contributed by atoms with Crippen molar-refractivity contribution in [3.8, 4) is 0 Å². The summed E-state index contributed by atoms with van der Waals surface area (Å²) < 4.78 is 20.8. The Hall–Kier alpha value is -2.09. The van der Waals surface area contributed by atoms with E-state index in [-0.39, 0.29) is 24.0 Å². The Morgan fingerprint density at radius 2 is 2.14 bits per heavy atom. The summed E-state index contributed by atoms with van der Waals surface area (Å²) in [6, 6.07) is 10.5. The average molecular weight is 422 g/mol. The number of imidazole rings is 1. The highest BCUT2D eigenvalue weighted by Crippen LogP contribution is 2.26. The smallest absolute Gasteiger partial charge is 0.230 e. The molecule has 1 heterocycles. The first-order chi connectivity index (χ1) is 13.5. The van der Waals surface area contributed by atoms with Gasteiger partial charge < -0.3 is 14.6 Å². The molecule has 8 heteroatoms. The van der Waals surface area contributed by atoms with Gasteiger partial charge >= 0.3 is 0 Å². The molecule has 0 bridgehead atoms. The van der Waals surface area contributed by atoms with Crippen molar-refractivity contribution in [2.75, 3.05) is 19.5 Å². The van der Waals surface area contributed by atoms with E-state index in [1.807, 2.05) is 16.7 Å². The summed E-state index contributed by atoms with van der Waals surface area (Å²) in [5.41, 5.74) is 3.03. The van der Waals surface area contributed by atoms with Gasteiger partial charge in [0.25, 0.3) is 0 Å². The van der Waals surface area contributed by atoms with E-state index in [0.717, 1.165) is 21.8 Å². The van der Waals surface area contributed by atoms with E-state index in [1.54, 1.807) is 32.2 Å². The van der Waals surface area contributed by atoms with Crippen LogP contribution in [-0.4, -0.2) is 34.9 Å². The lowest BCUT2D eigenvalue weighted by Gasteiger charge is -2.09. The van der Waals surface area contributed by atoms with Crippen LogP contribution in [0, 0.1) is 12.7 Å². The van der Waals surface area contributed by atoms with Crippen LogP contribution in [0.3, 0.4) is 0 Å². The first-order valence-electron chi connectivity index (χ1n) is 8.77. The molecule has 0 aliphatic carbocycles. The third-order valence-electron chi connectivity index (χ3n) is 4.25. The van der Waals surface area contributed by atoms with E-state index in [9.17, 15) is 9.18 Å². The van der Waals surface area contributed by atoms with Gasteiger partial charge in [0.05, 0.1) is 23.4 Å². The Labute approximate surface area is 172 Å². The fourth-order valence-corrected chi connectivity index (χ4v) is 3.75. The summed E-state index contributed by atoms with van der Waals surface area (Å²) in [6.07, 6.45) is 0. The predicted molar refractivity (Wildman–Crippen MR) is 110 cm³/mol. The summed E-state index contributed by atoms with van der Waals surface area (Å²) in [5.74, 6) is -0.209. The van der Waals surface area contributed by atoms with Crippen molar-refractivity contribution in [2.45, 2.75) is 25.2 Å². The number of carbonyl (C=O) groups excluding carboxylic acids is 1. The van der Waals surface area contributed by atoms with Crippen molar-refractivity contribution in [3.63, 3.8) is 0 Å². The van der Waals surface area contributed by atoms with Crippen LogP contribution in [0.1, 0.15) is 11.1 Å². The topological polar surface area (TPSA) is 56.1 Å². The standard InChI is InChI=1S/C20H21ClFN3O2S/c1-13-3-4-14(9-16(13)22)11-23-19(26)12-28-20-24-17-10-15(21)5-6-18(17)25(20)7-8-27-2/h3-6,9-10H,7-8,11-12H2,1-2H3,(H,23,26). The molecule has 1 N–H and O–H groups in total. The molecule has 0 aliphatic heterocycles.